The predicted octanol–water partition coefficient (Wildman–Crippen LogP) is 7.92. The van der Waals surface area contributed by atoms with Gasteiger partial charge in [0.25, 0.3) is 0 Å². The van der Waals surface area contributed by atoms with E-state index in [0.29, 0.717) is 42.6 Å². The fourth-order valence-electron chi connectivity index (χ4n) is 3.20. The van der Waals surface area contributed by atoms with Crippen LogP contribution < -0.4 is 4.74 Å². The fraction of sp³-hybridized carbons (Fsp3) is 0.125. The van der Waals surface area contributed by atoms with Gasteiger partial charge in [-0.1, -0.05) is 59.6 Å². The molecule has 4 nitrogen and oxygen atoms in total. The molecule has 1 heterocycles. The first kappa shape index (κ1) is 21.8. The highest BCUT2D eigenvalue weighted by Gasteiger charge is 2.24. The van der Waals surface area contributed by atoms with Crippen molar-refractivity contribution < 1.29 is 18.7 Å². The van der Waals surface area contributed by atoms with Gasteiger partial charge >= 0.3 is 5.97 Å². The van der Waals surface area contributed by atoms with Crippen LogP contribution in [0.25, 0.3) is 22.3 Å². The Morgan fingerprint density at radius 1 is 1.03 bits per heavy atom. The van der Waals surface area contributed by atoms with Gasteiger partial charge < -0.3 is 13.9 Å². The molecule has 0 unspecified atom stereocenters. The standard InChI is InChI=1S/C24H17BrCl2O4/c1-2-29-24(28)22-16-11-21(30-13-14-8-9-18(26)19(27)10-14)17(25)12-20(16)31-23(22)15-6-4-3-5-7-15/h3-12H,2,13H2,1H3. The van der Waals surface area contributed by atoms with Gasteiger partial charge in [0.05, 0.1) is 21.1 Å². The number of hydrogen-bond acceptors (Lipinski definition) is 4. The Labute approximate surface area is 197 Å². The molecule has 0 fully saturated rings. The van der Waals surface area contributed by atoms with E-state index in [2.05, 4.69) is 15.9 Å². The Kier molecular flexibility index (Phi) is 6.56. The Hall–Kier alpha value is -2.47. The lowest BCUT2D eigenvalue weighted by Crippen LogP contribution is -2.05. The zero-order chi connectivity index (χ0) is 22.0. The fourth-order valence-corrected chi connectivity index (χ4v) is 3.96. The van der Waals surface area contributed by atoms with Crippen LogP contribution in [-0.4, -0.2) is 12.6 Å². The molecule has 1 aromatic heterocycles. The third-order valence-corrected chi connectivity index (χ3v) is 6.00. The van der Waals surface area contributed by atoms with Crippen LogP contribution in [0.15, 0.2) is 69.6 Å². The number of fused-ring (bicyclic) bond motifs is 1. The second-order valence-electron chi connectivity index (χ2n) is 6.71. The Morgan fingerprint density at radius 3 is 2.52 bits per heavy atom. The van der Waals surface area contributed by atoms with E-state index in [4.69, 9.17) is 37.1 Å². The molecule has 158 valence electrons. The van der Waals surface area contributed by atoms with Crippen molar-refractivity contribution in [3.8, 4) is 17.1 Å². The van der Waals surface area contributed by atoms with Gasteiger partial charge in [-0.05, 0) is 52.7 Å². The largest absolute Gasteiger partial charge is 0.488 e. The molecule has 4 aromatic rings. The number of furan rings is 1. The highest BCUT2D eigenvalue weighted by Crippen LogP contribution is 2.39. The van der Waals surface area contributed by atoms with Gasteiger partial charge in [0.1, 0.15) is 29.3 Å². The molecular formula is C24H17BrCl2O4. The molecule has 4 rings (SSSR count). The first-order valence-corrected chi connectivity index (χ1v) is 11.1. The van der Waals surface area contributed by atoms with Gasteiger partial charge in [-0.25, -0.2) is 4.79 Å². The van der Waals surface area contributed by atoms with E-state index in [9.17, 15) is 4.79 Å². The van der Waals surface area contributed by atoms with Crippen LogP contribution in [0, 0.1) is 0 Å². The molecular weight excluding hydrogens is 503 g/mol. The lowest BCUT2D eigenvalue weighted by Gasteiger charge is -2.09. The number of ether oxygens (including phenoxy) is 2. The van der Waals surface area contributed by atoms with Crippen molar-refractivity contribution in [2.45, 2.75) is 13.5 Å². The van der Waals surface area contributed by atoms with E-state index in [0.717, 1.165) is 11.1 Å². The Bertz CT molecular complexity index is 1250. The van der Waals surface area contributed by atoms with E-state index < -0.39 is 5.97 Å². The van der Waals surface area contributed by atoms with Gasteiger partial charge in [-0.2, -0.15) is 0 Å². The summed E-state index contributed by atoms with van der Waals surface area (Å²) in [5, 5.41) is 1.56. The van der Waals surface area contributed by atoms with Crippen molar-refractivity contribution in [1.82, 2.24) is 0 Å². The molecule has 0 aliphatic rings. The highest BCUT2D eigenvalue weighted by molar-refractivity contribution is 9.10. The van der Waals surface area contributed by atoms with E-state index in [1.165, 1.54) is 0 Å². The quantitative estimate of drug-likeness (QED) is 0.243. The number of halogens is 3. The molecule has 3 aromatic carbocycles. The maximum absolute atomic E-state index is 12.8. The minimum atomic E-state index is -0.446. The molecule has 0 amide bonds. The minimum Gasteiger partial charge on any atom is -0.488 e. The zero-order valence-electron chi connectivity index (χ0n) is 16.5. The second-order valence-corrected chi connectivity index (χ2v) is 8.38. The molecule has 0 bridgehead atoms. The summed E-state index contributed by atoms with van der Waals surface area (Å²) in [6, 6.07) is 18.3. The van der Waals surface area contributed by atoms with Crippen LogP contribution >= 0.6 is 39.1 Å². The molecule has 0 aliphatic carbocycles. The van der Waals surface area contributed by atoms with Crippen LogP contribution in [0.1, 0.15) is 22.8 Å². The number of benzene rings is 3. The van der Waals surface area contributed by atoms with Crippen LogP contribution in [0.3, 0.4) is 0 Å². The molecule has 7 heteroatoms. The van der Waals surface area contributed by atoms with E-state index in [1.807, 2.05) is 36.4 Å². The maximum Gasteiger partial charge on any atom is 0.342 e. The number of hydrogen-bond donors (Lipinski definition) is 0. The summed E-state index contributed by atoms with van der Waals surface area (Å²) in [6.07, 6.45) is 0. The van der Waals surface area contributed by atoms with Gasteiger partial charge in [0, 0.05) is 10.9 Å². The summed E-state index contributed by atoms with van der Waals surface area (Å²) < 4.78 is 18.1. The monoisotopic (exact) mass is 518 g/mol. The Balaban J connectivity index is 1.76. The number of carbonyl (C=O) groups excluding carboxylic acids is 1. The summed E-state index contributed by atoms with van der Waals surface area (Å²) in [5.41, 5.74) is 2.57. The average Bonchev–Trinajstić information content (AvgIpc) is 3.13. The van der Waals surface area contributed by atoms with Gasteiger partial charge in [-0.15, -0.1) is 0 Å². The van der Waals surface area contributed by atoms with Crippen LogP contribution in [0.5, 0.6) is 5.75 Å². The smallest absolute Gasteiger partial charge is 0.342 e. The number of rotatable bonds is 6. The Morgan fingerprint density at radius 2 is 1.81 bits per heavy atom. The lowest BCUT2D eigenvalue weighted by molar-refractivity contribution is 0.0529. The molecule has 0 saturated heterocycles. The highest BCUT2D eigenvalue weighted by atomic mass is 79.9. The van der Waals surface area contributed by atoms with Crippen LogP contribution in [0.2, 0.25) is 10.0 Å². The normalized spacial score (nSPS) is 11.0. The molecule has 0 aliphatic heterocycles. The van der Waals surface area contributed by atoms with Crippen molar-refractivity contribution in [2.75, 3.05) is 6.61 Å². The molecule has 0 radical (unpaired) electrons. The third kappa shape index (κ3) is 4.59. The third-order valence-electron chi connectivity index (χ3n) is 4.64. The first-order valence-electron chi connectivity index (χ1n) is 9.53. The molecule has 0 atom stereocenters. The van der Waals surface area contributed by atoms with E-state index in [-0.39, 0.29) is 13.2 Å². The van der Waals surface area contributed by atoms with Crippen LogP contribution in [-0.2, 0) is 11.3 Å². The second kappa shape index (κ2) is 9.35. The van der Waals surface area contributed by atoms with Crippen molar-refractivity contribution in [3.05, 3.63) is 86.3 Å². The predicted molar refractivity (Wildman–Crippen MR) is 126 cm³/mol. The maximum atomic E-state index is 12.8. The zero-order valence-corrected chi connectivity index (χ0v) is 19.6. The summed E-state index contributed by atoms with van der Waals surface area (Å²) in [5.74, 6) is 0.574. The lowest BCUT2D eigenvalue weighted by atomic mass is 10.1. The average molecular weight is 520 g/mol. The number of carbonyl (C=O) groups is 1. The summed E-state index contributed by atoms with van der Waals surface area (Å²) in [7, 11) is 0. The number of esters is 1. The molecule has 0 spiro atoms. The summed E-state index contributed by atoms with van der Waals surface area (Å²) >= 11 is 15.6. The van der Waals surface area contributed by atoms with Crippen molar-refractivity contribution in [2.24, 2.45) is 0 Å². The van der Waals surface area contributed by atoms with Crippen molar-refractivity contribution in [1.29, 1.82) is 0 Å². The molecule has 0 N–H and O–H groups in total. The molecule has 31 heavy (non-hydrogen) atoms. The van der Waals surface area contributed by atoms with Gasteiger partial charge in [0.15, 0.2) is 0 Å². The minimum absolute atomic E-state index is 0.261. The van der Waals surface area contributed by atoms with E-state index >= 15 is 0 Å². The van der Waals surface area contributed by atoms with E-state index in [1.54, 1.807) is 31.2 Å². The SMILES string of the molecule is CCOC(=O)c1c(-c2ccccc2)oc2cc(Br)c(OCc3ccc(Cl)c(Cl)c3)cc12. The van der Waals surface area contributed by atoms with Gasteiger partial charge in [-0.3, -0.25) is 0 Å². The topological polar surface area (TPSA) is 48.7 Å². The van der Waals surface area contributed by atoms with Crippen LogP contribution in [0.4, 0.5) is 0 Å². The summed E-state index contributed by atoms with van der Waals surface area (Å²) in [6.45, 7) is 2.31. The van der Waals surface area contributed by atoms with Gasteiger partial charge in [0.2, 0.25) is 0 Å². The van der Waals surface area contributed by atoms with Crippen molar-refractivity contribution in [3.63, 3.8) is 0 Å². The molecule has 0 saturated carbocycles. The summed E-state index contributed by atoms with van der Waals surface area (Å²) in [4.78, 5) is 12.8. The first-order chi connectivity index (χ1) is 15.0. The van der Waals surface area contributed by atoms with Crippen molar-refractivity contribution >= 4 is 56.1 Å².